The van der Waals surface area contributed by atoms with Gasteiger partial charge in [0.2, 0.25) is 0 Å². The quantitative estimate of drug-likeness (QED) is 0.223. The number of aromatic nitrogens is 1. The van der Waals surface area contributed by atoms with E-state index >= 15 is 0 Å². The molecule has 1 heterocycles. The average molecular weight is 496 g/mol. The first-order valence-corrected chi connectivity index (χ1v) is 9.60. The van der Waals surface area contributed by atoms with E-state index in [1.807, 2.05) is 30.5 Å². The number of halogens is 1. The van der Waals surface area contributed by atoms with Gasteiger partial charge in [-0.1, -0.05) is 43.3 Å². The Morgan fingerprint density at radius 2 is 1.96 bits per heavy atom. The number of aliphatic imine (C=N–C) groups is 1. The number of hydrogen-bond donors (Lipinski definition) is 2. The van der Waals surface area contributed by atoms with Gasteiger partial charge < -0.3 is 15.4 Å². The molecule has 0 bridgehead atoms. The summed E-state index contributed by atoms with van der Waals surface area (Å²) >= 11 is 1.73. The van der Waals surface area contributed by atoms with Gasteiger partial charge in [-0.25, -0.2) is 4.98 Å². The summed E-state index contributed by atoms with van der Waals surface area (Å²) in [5, 5.41) is 9.94. The summed E-state index contributed by atoms with van der Waals surface area (Å²) in [4.78, 5) is 9.95. The minimum Gasteiger partial charge on any atom is -0.491 e. The number of benzene rings is 2. The third-order valence-electron chi connectivity index (χ3n) is 3.98. The van der Waals surface area contributed by atoms with Crippen molar-refractivity contribution in [3.05, 3.63) is 58.5 Å². The molecule has 3 aromatic rings. The van der Waals surface area contributed by atoms with E-state index in [2.05, 4.69) is 45.7 Å². The van der Waals surface area contributed by atoms with Gasteiger partial charge in [0.25, 0.3) is 0 Å². The van der Waals surface area contributed by atoms with Gasteiger partial charge >= 0.3 is 0 Å². The van der Waals surface area contributed by atoms with Crippen LogP contribution in [0.4, 0.5) is 0 Å². The molecule has 1 aromatic heterocycles. The summed E-state index contributed by atoms with van der Waals surface area (Å²) < 4.78 is 5.94. The van der Waals surface area contributed by atoms with Crippen LogP contribution in [0.5, 0.6) is 5.75 Å². The van der Waals surface area contributed by atoms with E-state index in [0.717, 1.165) is 28.5 Å². The Kier molecular flexibility index (Phi) is 8.80. The molecule has 0 unspecified atom stereocenters. The van der Waals surface area contributed by atoms with Gasteiger partial charge in [0.15, 0.2) is 5.96 Å². The Morgan fingerprint density at radius 1 is 1.15 bits per heavy atom. The maximum Gasteiger partial charge on any atom is 0.191 e. The standard InChI is InChI=1S/C20H24N4OS.HI/c1-3-16-13-23-19(26-16)14-24-20(21-2)22-11-12-25-18-10-6-8-15-7-4-5-9-17(15)18;/h4-10,13H,3,11-12,14H2,1-2H3,(H2,21,22,24);1H. The molecule has 0 radical (unpaired) electrons. The number of aryl methyl sites for hydroxylation is 1. The normalized spacial score (nSPS) is 11.1. The fourth-order valence-corrected chi connectivity index (χ4v) is 3.43. The molecule has 0 atom stereocenters. The highest BCUT2D eigenvalue weighted by atomic mass is 127. The molecule has 0 amide bonds. The molecule has 27 heavy (non-hydrogen) atoms. The minimum atomic E-state index is 0. The van der Waals surface area contributed by atoms with Crippen molar-refractivity contribution in [1.82, 2.24) is 15.6 Å². The van der Waals surface area contributed by atoms with Crippen molar-refractivity contribution in [3.63, 3.8) is 0 Å². The number of fused-ring (bicyclic) bond motifs is 1. The molecule has 0 aliphatic rings. The molecule has 7 heteroatoms. The van der Waals surface area contributed by atoms with Crippen molar-refractivity contribution in [2.45, 2.75) is 19.9 Å². The van der Waals surface area contributed by atoms with E-state index in [1.54, 1.807) is 18.4 Å². The zero-order valence-corrected chi connectivity index (χ0v) is 18.7. The number of thiazole rings is 1. The summed E-state index contributed by atoms with van der Waals surface area (Å²) in [6.07, 6.45) is 2.96. The largest absolute Gasteiger partial charge is 0.491 e. The smallest absolute Gasteiger partial charge is 0.191 e. The average Bonchev–Trinajstić information content (AvgIpc) is 3.15. The molecule has 0 saturated heterocycles. The van der Waals surface area contributed by atoms with E-state index in [9.17, 15) is 0 Å². The van der Waals surface area contributed by atoms with Crippen LogP contribution in [0, 0.1) is 0 Å². The molecule has 0 fully saturated rings. The number of guanidine groups is 1. The number of ether oxygens (including phenoxy) is 1. The lowest BCUT2D eigenvalue weighted by Crippen LogP contribution is -2.38. The molecule has 2 aromatic carbocycles. The second kappa shape index (κ2) is 11.1. The highest BCUT2D eigenvalue weighted by Gasteiger charge is 2.04. The Morgan fingerprint density at radius 3 is 2.74 bits per heavy atom. The lowest BCUT2D eigenvalue weighted by molar-refractivity contribution is 0.325. The second-order valence-electron chi connectivity index (χ2n) is 5.75. The van der Waals surface area contributed by atoms with Crippen LogP contribution in [-0.4, -0.2) is 31.1 Å². The monoisotopic (exact) mass is 496 g/mol. The fourth-order valence-electron chi connectivity index (χ4n) is 2.63. The molecule has 144 valence electrons. The predicted molar refractivity (Wildman–Crippen MR) is 125 cm³/mol. The van der Waals surface area contributed by atoms with Crippen molar-refractivity contribution in [3.8, 4) is 5.75 Å². The zero-order valence-electron chi connectivity index (χ0n) is 15.6. The molecule has 3 rings (SSSR count). The summed E-state index contributed by atoms with van der Waals surface area (Å²) in [6, 6.07) is 14.4. The maximum atomic E-state index is 5.94. The SMILES string of the molecule is CCc1cnc(CNC(=NC)NCCOc2cccc3ccccc23)s1.I. The van der Waals surface area contributed by atoms with Crippen LogP contribution in [0.15, 0.2) is 53.7 Å². The van der Waals surface area contributed by atoms with E-state index in [-0.39, 0.29) is 24.0 Å². The van der Waals surface area contributed by atoms with Gasteiger partial charge in [0.05, 0.1) is 13.1 Å². The second-order valence-corrected chi connectivity index (χ2v) is 6.95. The number of nitrogens with zero attached hydrogens (tertiary/aromatic N) is 2. The minimum absolute atomic E-state index is 0. The molecule has 0 aliphatic carbocycles. The molecular formula is C20H25IN4OS. The topological polar surface area (TPSA) is 58.5 Å². The van der Waals surface area contributed by atoms with Crippen molar-refractivity contribution in [2.24, 2.45) is 4.99 Å². The first-order valence-electron chi connectivity index (χ1n) is 8.79. The summed E-state index contributed by atoms with van der Waals surface area (Å²) in [7, 11) is 1.76. The van der Waals surface area contributed by atoms with E-state index in [1.165, 1.54) is 10.3 Å². The fraction of sp³-hybridized carbons (Fsp3) is 0.300. The van der Waals surface area contributed by atoms with Crippen molar-refractivity contribution in [1.29, 1.82) is 0 Å². The molecule has 0 spiro atoms. The highest BCUT2D eigenvalue weighted by molar-refractivity contribution is 14.0. The van der Waals surface area contributed by atoms with E-state index in [4.69, 9.17) is 4.74 Å². The van der Waals surface area contributed by atoms with E-state index in [0.29, 0.717) is 19.7 Å². The van der Waals surface area contributed by atoms with Crippen LogP contribution >= 0.6 is 35.3 Å². The van der Waals surface area contributed by atoms with Crippen molar-refractivity contribution < 1.29 is 4.74 Å². The lowest BCUT2D eigenvalue weighted by Gasteiger charge is -2.12. The Balaban J connectivity index is 0.00000261. The van der Waals surface area contributed by atoms with E-state index < -0.39 is 0 Å². The van der Waals surface area contributed by atoms with Gasteiger partial charge in [-0.3, -0.25) is 4.99 Å². The Labute approximate surface area is 181 Å². The van der Waals surface area contributed by atoms with Crippen molar-refractivity contribution in [2.75, 3.05) is 20.2 Å². The molecular weight excluding hydrogens is 471 g/mol. The van der Waals surface area contributed by atoms with Crippen molar-refractivity contribution >= 4 is 52.0 Å². The summed E-state index contributed by atoms with van der Waals surface area (Å²) in [5.41, 5.74) is 0. The summed E-state index contributed by atoms with van der Waals surface area (Å²) in [6.45, 7) is 4.04. The highest BCUT2D eigenvalue weighted by Crippen LogP contribution is 2.24. The third kappa shape index (κ3) is 6.07. The van der Waals surface area contributed by atoms with Crippen LogP contribution in [0.25, 0.3) is 10.8 Å². The van der Waals surface area contributed by atoms with Gasteiger partial charge in [-0.05, 0) is 17.9 Å². The van der Waals surface area contributed by atoms with Gasteiger partial charge in [0.1, 0.15) is 17.4 Å². The predicted octanol–water partition coefficient (Wildman–Crippen LogP) is 4.22. The van der Waals surface area contributed by atoms with Crippen LogP contribution in [0.2, 0.25) is 0 Å². The number of hydrogen-bond acceptors (Lipinski definition) is 4. The maximum absolute atomic E-state index is 5.94. The summed E-state index contributed by atoms with van der Waals surface area (Å²) in [5.74, 6) is 1.66. The Hall–Kier alpha value is -1.87. The molecule has 2 N–H and O–H groups in total. The van der Waals surface area contributed by atoms with Gasteiger partial charge in [-0.2, -0.15) is 0 Å². The van der Waals surface area contributed by atoms with Gasteiger partial charge in [-0.15, -0.1) is 35.3 Å². The number of rotatable bonds is 7. The molecule has 0 saturated carbocycles. The van der Waals surface area contributed by atoms with Crippen LogP contribution in [0.3, 0.4) is 0 Å². The molecule has 0 aliphatic heterocycles. The van der Waals surface area contributed by atoms with Crippen LogP contribution < -0.4 is 15.4 Å². The van der Waals surface area contributed by atoms with Crippen LogP contribution in [0.1, 0.15) is 16.8 Å². The number of nitrogens with one attached hydrogen (secondary N) is 2. The lowest BCUT2D eigenvalue weighted by atomic mass is 10.1. The van der Waals surface area contributed by atoms with Gasteiger partial charge in [0, 0.05) is 23.5 Å². The third-order valence-corrected chi connectivity index (χ3v) is 5.12. The molecule has 5 nitrogen and oxygen atoms in total. The first-order chi connectivity index (χ1) is 12.8. The Bertz CT molecular complexity index is 876. The zero-order chi connectivity index (χ0) is 18.2. The van der Waals surface area contributed by atoms with Crippen LogP contribution in [-0.2, 0) is 13.0 Å². The first kappa shape index (κ1) is 21.4.